The van der Waals surface area contributed by atoms with Gasteiger partial charge in [0.2, 0.25) is 0 Å². The van der Waals surface area contributed by atoms with Crippen LogP contribution in [0.4, 0.5) is 0 Å². The highest BCUT2D eigenvalue weighted by Crippen LogP contribution is 2.39. The molecule has 0 atom stereocenters. The molecule has 4 rings (SSSR count). The molecule has 0 saturated carbocycles. The molecule has 0 heteroatoms. The Morgan fingerprint density at radius 2 is 1.50 bits per heavy atom. The number of hydrogen-bond donors (Lipinski definition) is 0. The zero-order valence-electron chi connectivity index (χ0n) is 14.8. The Balaban J connectivity index is 1.86. The Hall–Kier alpha value is -2.34. The van der Waals surface area contributed by atoms with Crippen molar-refractivity contribution in [2.24, 2.45) is 5.41 Å². The van der Waals surface area contributed by atoms with Gasteiger partial charge in [0.05, 0.1) is 0 Å². The minimum Gasteiger partial charge on any atom is -0.0647 e. The molecule has 0 saturated heterocycles. The fourth-order valence-electron chi connectivity index (χ4n) is 3.93. The SMILES string of the molecule is CC(C)(C)CC1=Cc2c(cccc2-c2cccc3ccccc23)C1. The predicted molar refractivity (Wildman–Crippen MR) is 105 cm³/mol. The maximum absolute atomic E-state index is 2.44. The summed E-state index contributed by atoms with van der Waals surface area (Å²) >= 11 is 0. The lowest BCUT2D eigenvalue weighted by atomic mass is 9.87. The van der Waals surface area contributed by atoms with Crippen LogP contribution in [0.2, 0.25) is 0 Å². The summed E-state index contributed by atoms with van der Waals surface area (Å²) in [5, 5.41) is 2.65. The van der Waals surface area contributed by atoms with Crippen LogP contribution in [0, 0.1) is 5.41 Å². The molecule has 0 aromatic heterocycles. The molecule has 1 aliphatic carbocycles. The Morgan fingerprint density at radius 1 is 0.792 bits per heavy atom. The molecule has 3 aromatic rings. The Morgan fingerprint density at radius 3 is 2.33 bits per heavy atom. The molecule has 0 N–H and O–H groups in total. The zero-order chi connectivity index (χ0) is 16.7. The van der Waals surface area contributed by atoms with Crippen molar-refractivity contribution >= 4 is 16.8 Å². The summed E-state index contributed by atoms with van der Waals surface area (Å²) in [6, 6.07) is 22.1. The molecule has 0 bridgehead atoms. The van der Waals surface area contributed by atoms with Crippen molar-refractivity contribution in [1.82, 2.24) is 0 Å². The average Bonchev–Trinajstić information content (AvgIpc) is 2.94. The maximum Gasteiger partial charge on any atom is -0.00574 e. The average molecular weight is 312 g/mol. The van der Waals surface area contributed by atoms with E-state index in [0.717, 1.165) is 12.8 Å². The van der Waals surface area contributed by atoms with Crippen LogP contribution in [0.15, 0.2) is 66.2 Å². The molecule has 0 spiro atoms. The second-order valence-electron chi connectivity index (χ2n) is 8.12. The van der Waals surface area contributed by atoms with Crippen LogP contribution in [-0.2, 0) is 6.42 Å². The first-order chi connectivity index (χ1) is 11.5. The van der Waals surface area contributed by atoms with Crippen LogP contribution in [0.3, 0.4) is 0 Å². The lowest BCUT2D eigenvalue weighted by molar-refractivity contribution is 0.408. The molecule has 0 nitrogen and oxygen atoms in total. The monoisotopic (exact) mass is 312 g/mol. The Kier molecular flexibility index (Phi) is 3.57. The van der Waals surface area contributed by atoms with E-state index in [2.05, 4.69) is 87.5 Å². The number of fused-ring (bicyclic) bond motifs is 2. The van der Waals surface area contributed by atoms with Crippen molar-refractivity contribution in [3.05, 3.63) is 77.4 Å². The van der Waals surface area contributed by atoms with Gasteiger partial charge in [-0.3, -0.25) is 0 Å². The van der Waals surface area contributed by atoms with Gasteiger partial charge in [-0.15, -0.1) is 0 Å². The summed E-state index contributed by atoms with van der Waals surface area (Å²) in [6.07, 6.45) is 4.71. The van der Waals surface area contributed by atoms with Crippen molar-refractivity contribution in [3.63, 3.8) is 0 Å². The first kappa shape index (κ1) is 15.2. The van der Waals surface area contributed by atoms with E-state index in [-0.39, 0.29) is 0 Å². The van der Waals surface area contributed by atoms with Gasteiger partial charge in [0.25, 0.3) is 0 Å². The number of allylic oxidation sites excluding steroid dienone is 1. The van der Waals surface area contributed by atoms with Crippen LogP contribution in [0.1, 0.15) is 38.3 Å². The van der Waals surface area contributed by atoms with E-state index in [1.807, 2.05) is 0 Å². The van der Waals surface area contributed by atoms with Gasteiger partial charge in [-0.2, -0.15) is 0 Å². The van der Waals surface area contributed by atoms with Crippen molar-refractivity contribution in [1.29, 1.82) is 0 Å². The summed E-state index contributed by atoms with van der Waals surface area (Å²) in [5.41, 5.74) is 7.51. The molecule has 0 fully saturated rings. The quantitative estimate of drug-likeness (QED) is 0.483. The second kappa shape index (κ2) is 5.63. The lowest BCUT2D eigenvalue weighted by Crippen LogP contribution is -2.06. The molecular formula is C24H24. The highest BCUT2D eigenvalue weighted by atomic mass is 14.3. The smallest absolute Gasteiger partial charge is 0.00574 e. The molecule has 0 aliphatic heterocycles. The summed E-state index contributed by atoms with van der Waals surface area (Å²) in [7, 11) is 0. The number of rotatable bonds is 2. The van der Waals surface area contributed by atoms with Crippen LogP contribution < -0.4 is 0 Å². The van der Waals surface area contributed by atoms with Crippen molar-refractivity contribution < 1.29 is 0 Å². The Bertz CT molecular complexity index is 930. The largest absolute Gasteiger partial charge is 0.0647 e. The second-order valence-corrected chi connectivity index (χ2v) is 8.12. The van der Waals surface area contributed by atoms with Crippen molar-refractivity contribution in [3.8, 4) is 11.1 Å². The minimum absolute atomic E-state index is 0.341. The van der Waals surface area contributed by atoms with Crippen LogP contribution in [0.5, 0.6) is 0 Å². The fourth-order valence-corrected chi connectivity index (χ4v) is 3.93. The van der Waals surface area contributed by atoms with Gasteiger partial charge >= 0.3 is 0 Å². The third-order valence-corrected chi connectivity index (χ3v) is 4.80. The summed E-state index contributed by atoms with van der Waals surface area (Å²) < 4.78 is 0. The number of hydrogen-bond acceptors (Lipinski definition) is 0. The summed E-state index contributed by atoms with van der Waals surface area (Å²) in [5.74, 6) is 0. The highest BCUT2D eigenvalue weighted by Gasteiger charge is 2.21. The highest BCUT2D eigenvalue weighted by molar-refractivity contribution is 5.99. The third kappa shape index (κ3) is 2.78. The molecule has 0 amide bonds. The van der Waals surface area contributed by atoms with E-state index in [4.69, 9.17) is 0 Å². The van der Waals surface area contributed by atoms with Gasteiger partial charge in [0.1, 0.15) is 0 Å². The van der Waals surface area contributed by atoms with E-state index < -0.39 is 0 Å². The van der Waals surface area contributed by atoms with Crippen LogP contribution >= 0.6 is 0 Å². The standard InChI is InChI=1S/C24H24/c1-24(2,3)16-17-14-19-10-7-13-22(23(19)15-17)21-12-6-9-18-8-4-5-11-20(18)21/h4-13,15H,14,16H2,1-3H3. The van der Waals surface area contributed by atoms with Crippen molar-refractivity contribution in [2.45, 2.75) is 33.6 Å². The summed E-state index contributed by atoms with van der Waals surface area (Å²) in [6.45, 7) is 6.97. The first-order valence-electron chi connectivity index (χ1n) is 8.81. The topological polar surface area (TPSA) is 0 Å². The van der Waals surface area contributed by atoms with E-state index in [0.29, 0.717) is 5.41 Å². The van der Waals surface area contributed by atoms with Gasteiger partial charge in [0, 0.05) is 0 Å². The molecule has 24 heavy (non-hydrogen) atoms. The normalized spacial score (nSPS) is 13.9. The van der Waals surface area contributed by atoms with Gasteiger partial charge in [-0.1, -0.05) is 93.1 Å². The molecule has 120 valence electrons. The Labute approximate surface area is 144 Å². The minimum atomic E-state index is 0.341. The molecule has 0 unspecified atom stereocenters. The van der Waals surface area contributed by atoms with E-state index in [1.165, 1.54) is 33.0 Å². The van der Waals surface area contributed by atoms with E-state index >= 15 is 0 Å². The zero-order valence-corrected chi connectivity index (χ0v) is 14.8. The molecule has 1 aliphatic rings. The fraction of sp³-hybridized carbons (Fsp3) is 0.250. The third-order valence-electron chi connectivity index (χ3n) is 4.80. The lowest BCUT2D eigenvalue weighted by Gasteiger charge is -2.18. The predicted octanol–water partition coefficient (Wildman–Crippen LogP) is 6.88. The molecule has 0 heterocycles. The molecule has 3 aromatic carbocycles. The van der Waals surface area contributed by atoms with Crippen LogP contribution in [0.25, 0.3) is 28.0 Å². The van der Waals surface area contributed by atoms with Gasteiger partial charge in [-0.05, 0) is 51.3 Å². The van der Waals surface area contributed by atoms with Crippen LogP contribution in [-0.4, -0.2) is 0 Å². The molecule has 0 radical (unpaired) electrons. The van der Waals surface area contributed by atoms with Gasteiger partial charge in [0.15, 0.2) is 0 Å². The molecular weight excluding hydrogens is 288 g/mol. The van der Waals surface area contributed by atoms with Gasteiger partial charge in [-0.25, -0.2) is 0 Å². The number of benzene rings is 3. The van der Waals surface area contributed by atoms with Gasteiger partial charge < -0.3 is 0 Å². The van der Waals surface area contributed by atoms with Crippen molar-refractivity contribution in [2.75, 3.05) is 0 Å². The maximum atomic E-state index is 2.44. The summed E-state index contributed by atoms with van der Waals surface area (Å²) in [4.78, 5) is 0. The van der Waals surface area contributed by atoms with E-state index in [9.17, 15) is 0 Å². The van der Waals surface area contributed by atoms with E-state index in [1.54, 1.807) is 5.57 Å². The first-order valence-corrected chi connectivity index (χ1v) is 8.81.